The molecule has 0 saturated heterocycles. The van der Waals surface area contributed by atoms with E-state index in [1.54, 1.807) is 11.0 Å². The maximum Gasteiger partial charge on any atom is 0.130 e. The van der Waals surface area contributed by atoms with Gasteiger partial charge in [-0.05, 0) is 15.9 Å². The lowest BCUT2D eigenvalue weighted by molar-refractivity contribution is 0.0122. The number of thiazole rings is 2. The van der Waals surface area contributed by atoms with Crippen molar-refractivity contribution in [2.45, 2.75) is 31.8 Å². The Morgan fingerprint density at radius 1 is 1.10 bits per heavy atom. The van der Waals surface area contributed by atoms with Crippen LogP contribution in [0.1, 0.15) is 28.5 Å². The van der Waals surface area contributed by atoms with Crippen LogP contribution in [-0.2, 0) is 0 Å². The van der Waals surface area contributed by atoms with Crippen molar-refractivity contribution in [3.05, 3.63) is 31.1 Å². The molecule has 0 spiro atoms. The summed E-state index contributed by atoms with van der Waals surface area (Å²) in [5.74, 6) is 3.10. The van der Waals surface area contributed by atoms with Gasteiger partial charge in [0.1, 0.15) is 25.2 Å². The molecule has 0 fully saturated rings. The summed E-state index contributed by atoms with van der Waals surface area (Å²) < 4.78 is 0.707. The van der Waals surface area contributed by atoms with Gasteiger partial charge in [-0.25, -0.2) is 9.97 Å². The molecule has 0 aliphatic heterocycles. The van der Waals surface area contributed by atoms with Gasteiger partial charge in [0.25, 0.3) is 0 Å². The zero-order valence-corrected chi connectivity index (χ0v) is 16.0. The molecule has 8 heteroatoms. The highest BCUT2D eigenvalue weighted by molar-refractivity contribution is 9.11. The quantitative estimate of drug-likeness (QED) is 0.609. The van der Waals surface area contributed by atoms with Crippen LogP contribution in [-0.4, -0.2) is 28.3 Å². The first-order valence-electron chi connectivity index (χ1n) is 6.21. The Kier molecular flexibility index (Phi) is 5.35. The average Bonchev–Trinajstić information content (AvgIpc) is 3.02. The Hall–Kier alpha value is -0.563. The fourth-order valence-corrected chi connectivity index (χ4v) is 3.94. The predicted molar refractivity (Wildman–Crippen MR) is 92.1 cm³/mol. The number of nitrogens with zero attached hydrogens (tertiary/aromatic N) is 2. The Bertz CT molecular complexity index is 684. The highest BCUT2D eigenvalue weighted by Crippen LogP contribution is 2.35. The van der Waals surface area contributed by atoms with Crippen LogP contribution < -0.4 is 0 Å². The summed E-state index contributed by atoms with van der Waals surface area (Å²) in [5, 5.41) is 20.6. The summed E-state index contributed by atoms with van der Waals surface area (Å²) in [5.41, 5.74) is 7.33. The Labute approximate surface area is 141 Å². The van der Waals surface area contributed by atoms with Crippen LogP contribution in [0.2, 0.25) is 19.6 Å². The van der Waals surface area contributed by atoms with Gasteiger partial charge >= 0.3 is 0 Å². The van der Waals surface area contributed by atoms with Crippen molar-refractivity contribution < 1.29 is 10.2 Å². The second-order valence-corrected chi connectivity index (χ2v) is 13.2. The number of aromatic nitrogens is 2. The van der Waals surface area contributed by atoms with E-state index in [-0.39, 0.29) is 0 Å². The van der Waals surface area contributed by atoms with Crippen LogP contribution >= 0.6 is 38.6 Å². The molecule has 0 aliphatic carbocycles. The SMILES string of the molecule is C[Si](C)(C)C#Cc1scnc1C(O)C(O)c1ncsc1Br. The van der Waals surface area contributed by atoms with Gasteiger partial charge in [0.2, 0.25) is 0 Å². The first kappa shape index (κ1) is 16.8. The van der Waals surface area contributed by atoms with E-state index in [9.17, 15) is 10.2 Å². The van der Waals surface area contributed by atoms with Gasteiger partial charge in [-0.3, -0.25) is 0 Å². The maximum absolute atomic E-state index is 10.4. The van der Waals surface area contributed by atoms with Gasteiger partial charge < -0.3 is 10.2 Å². The highest BCUT2D eigenvalue weighted by atomic mass is 79.9. The first-order valence-corrected chi connectivity index (χ1v) is 12.3. The van der Waals surface area contributed by atoms with Gasteiger partial charge in [-0.15, -0.1) is 28.2 Å². The van der Waals surface area contributed by atoms with Gasteiger partial charge in [0.15, 0.2) is 0 Å². The Balaban J connectivity index is 2.28. The van der Waals surface area contributed by atoms with E-state index in [2.05, 4.69) is 57.0 Å². The van der Waals surface area contributed by atoms with Crippen LogP contribution in [0.15, 0.2) is 14.8 Å². The third-order valence-corrected chi connectivity index (χ3v) is 5.78. The van der Waals surface area contributed by atoms with Crippen molar-refractivity contribution in [3.8, 4) is 11.5 Å². The van der Waals surface area contributed by atoms with Gasteiger partial charge in [-0.1, -0.05) is 25.6 Å². The molecule has 2 aromatic heterocycles. The second kappa shape index (κ2) is 6.69. The van der Waals surface area contributed by atoms with Crippen molar-refractivity contribution in [2.75, 3.05) is 0 Å². The molecule has 4 nitrogen and oxygen atoms in total. The van der Waals surface area contributed by atoms with E-state index >= 15 is 0 Å². The van der Waals surface area contributed by atoms with Crippen LogP contribution in [0.25, 0.3) is 0 Å². The fraction of sp³-hybridized carbons (Fsp3) is 0.385. The number of aliphatic hydroxyl groups excluding tert-OH is 2. The summed E-state index contributed by atoms with van der Waals surface area (Å²) in [4.78, 5) is 8.93. The summed E-state index contributed by atoms with van der Waals surface area (Å²) in [6.45, 7) is 6.45. The third-order valence-electron chi connectivity index (χ3n) is 2.55. The van der Waals surface area contributed by atoms with Crippen LogP contribution in [0.3, 0.4) is 0 Å². The molecule has 0 bridgehead atoms. The van der Waals surface area contributed by atoms with Gasteiger partial charge in [0, 0.05) is 0 Å². The number of hydrogen-bond donors (Lipinski definition) is 2. The highest BCUT2D eigenvalue weighted by Gasteiger charge is 2.28. The number of halogens is 1. The summed E-state index contributed by atoms with van der Waals surface area (Å²) >= 11 is 6.05. The summed E-state index contributed by atoms with van der Waals surface area (Å²) in [6, 6.07) is 0. The lowest BCUT2D eigenvalue weighted by Crippen LogP contribution is -2.16. The lowest BCUT2D eigenvalue weighted by Gasteiger charge is -2.15. The van der Waals surface area contributed by atoms with Crippen molar-refractivity contribution in [3.63, 3.8) is 0 Å². The third kappa shape index (κ3) is 4.22. The molecule has 0 amide bonds. The molecule has 0 radical (unpaired) electrons. The van der Waals surface area contributed by atoms with Crippen molar-refractivity contribution in [2.24, 2.45) is 0 Å². The molecule has 2 unspecified atom stereocenters. The molecule has 2 rings (SSSR count). The molecule has 112 valence electrons. The molecule has 0 aliphatic rings. The smallest absolute Gasteiger partial charge is 0.130 e. The minimum Gasteiger partial charge on any atom is -0.384 e. The zero-order valence-electron chi connectivity index (χ0n) is 11.8. The molecular weight excluding hydrogens is 388 g/mol. The standard InChI is InChI=1S/C13H15BrN2O2S2Si/c1-21(2,3)5-4-8-9(15-6-19-8)11(17)12(18)10-13(14)20-7-16-10/h6-7,11-12,17-18H,1-3H3. The van der Waals surface area contributed by atoms with E-state index in [4.69, 9.17) is 0 Å². The van der Waals surface area contributed by atoms with E-state index in [0.29, 0.717) is 20.1 Å². The molecule has 2 N–H and O–H groups in total. The number of rotatable bonds is 3. The number of aliphatic hydroxyl groups is 2. The maximum atomic E-state index is 10.4. The zero-order chi connectivity index (χ0) is 15.6. The number of hydrogen-bond acceptors (Lipinski definition) is 6. The monoisotopic (exact) mass is 402 g/mol. The van der Waals surface area contributed by atoms with Crippen molar-refractivity contribution in [1.82, 2.24) is 9.97 Å². The molecule has 0 saturated carbocycles. The van der Waals surface area contributed by atoms with Crippen LogP contribution in [0, 0.1) is 11.5 Å². The molecule has 21 heavy (non-hydrogen) atoms. The van der Waals surface area contributed by atoms with E-state index in [0.717, 1.165) is 0 Å². The largest absolute Gasteiger partial charge is 0.384 e. The topological polar surface area (TPSA) is 66.2 Å². The molecule has 2 aromatic rings. The minimum absolute atomic E-state index is 0.415. The van der Waals surface area contributed by atoms with Gasteiger partial charge in [-0.2, -0.15) is 0 Å². The summed E-state index contributed by atoms with van der Waals surface area (Å²) in [7, 11) is -1.50. The van der Waals surface area contributed by atoms with Crippen molar-refractivity contribution >= 4 is 46.7 Å². The van der Waals surface area contributed by atoms with Gasteiger partial charge in [0.05, 0.1) is 26.2 Å². The Morgan fingerprint density at radius 3 is 2.24 bits per heavy atom. The van der Waals surface area contributed by atoms with Crippen LogP contribution in [0.5, 0.6) is 0 Å². The lowest BCUT2D eigenvalue weighted by atomic mass is 10.1. The van der Waals surface area contributed by atoms with E-state index < -0.39 is 20.3 Å². The molecular formula is C13H15BrN2O2S2Si. The van der Waals surface area contributed by atoms with E-state index in [1.165, 1.54) is 22.7 Å². The minimum atomic E-state index is -1.50. The van der Waals surface area contributed by atoms with E-state index in [1.807, 2.05) is 0 Å². The fourth-order valence-electron chi connectivity index (χ4n) is 1.54. The second-order valence-electron chi connectivity index (χ2n) is 5.47. The molecule has 2 atom stereocenters. The molecule has 2 heterocycles. The van der Waals surface area contributed by atoms with Crippen LogP contribution in [0.4, 0.5) is 0 Å². The Morgan fingerprint density at radius 2 is 1.67 bits per heavy atom. The predicted octanol–water partition coefficient (Wildman–Crippen LogP) is 3.36. The summed E-state index contributed by atoms with van der Waals surface area (Å²) in [6.07, 6.45) is -2.26. The molecule has 0 aromatic carbocycles. The van der Waals surface area contributed by atoms with Crippen molar-refractivity contribution in [1.29, 1.82) is 0 Å². The first-order chi connectivity index (χ1) is 9.79. The average molecular weight is 403 g/mol. The normalized spacial score (nSPS) is 14.4.